The predicted molar refractivity (Wildman–Crippen MR) is 69.6 cm³/mol. The van der Waals surface area contributed by atoms with Crippen molar-refractivity contribution in [1.29, 1.82) is 0 Å². The molecule has 0 aliphatic heterocycles. The smallest absolute Gasteiger partial charge is 0.257 e. The molecule has 0 fully saturated rings. The van der Waals surface area contributed by atoms with Crippen LogP contribution in [0, 0.1) is 11.6 Å². The first kappa shape index (κ1) is 12.8. The van der Waals surface area contributed by atoms with Crippen molar-refractivity contribution in [3.63, 3.8) is 0 Å². The average molecular weight is 263 g/mol. The van der Waals surface area contributed by atoms with Gasteiger partial charge in [0.2, 0.25) is 0 Å². The molecule has 1 amide bonds. The molecule has 0 radical (unpaired) electrons. The van der Waals surface area contributed by atoms with E-state index in [1.54, 1.807) is 0 Å². The number of hydrogen-bond donors (Lipinski definition) is 3. The molecular weight excluding hydrogens is 252 g/mol. The molecule has 0 unspecified atom stereocenters. The first-order valence-corrected chi connectivity index (χ1v) is 5.39. The van der Waals surface area contributed by atoms with E-state index < -0.39 is 17.5 Å². The largest absolute Gasteiger partial charge is 0.399 e. The third-order valence-electron chi connectivity index (χ3n) is 2.50. The number of carbonyl (C=O) groups is 1. The highest BCUT2D eigenvalue weighted by atomic mass is 19.1. The van der Waals surface area contributed by atoms with E-state index in [9.17, 15) is 13.6 Å². The van der Waals surface area contributed by atoms with E-state index in [0.717, 1.165) is 12.1 Å². The fraction of sp³-hybridized carbons (Fsp3) is 0. The fourth-order valence-electron chi connectivity index (χ4n) is 1.57. The Morgan fingerprint density at radius 2 is 1.79 bits per heavy atom. The van der Waals surface area contributed by atoms with E-state index in [-0.39, 0.29) is 16.9 Å². The highest BCUT2D eigenvalue weighted by molar-refractivity contribution is 6.08. The molecular formula is C13H11F2N3O. The summed E-state index contributed by atoms with van der Waals surface area (Å²) >= 11 is 0. The number of halogens is 2. The lowest BCUT2D eigenvalue weighted by Crippen LogP contribution is -2.15. The summed E-state index contributed by atoms with van der Waals surface area (Å²) in [4.78, 5) is 11.9. The molecule has 6 heteroatoms. The summed E-state index contributed by atoms with van der Waals surface area (Å²) in [5.41, 5.74) is 11.8. The molecule has 98 valence electrons. The lowest BCUT2D eigenvalue weighted by molar-refractivity contribution is 0.102. The van der Waals surface area contributed by atoms with Crippen LogP contribution >= 0.6 is 0 Å². The summed E-state index contributed by atoms with van der Waals surface area (Å²) in [5.74, 6) is -2.17. The number of amides is 1. The molecule has 0 saturated heterocycles. The second-order valence-electron chi connectivity index (χ2n) is 3.92. The van der Waals surface area contributed by atoms with Crippen LogP contribution in [0.15, 0.2) is 36.4 Å². The molecule has 0 saturated carbocycles. The van der Waals surface area contributed by atoms with Crippen molar-refractivity contribution in [2.45, 2.75) is 0 Å². The number of hydrogen-bond acceptors (Lipinski definition) is 3. The predicted octanol–water partition coefficient (Wildman–Crippen LogP) is 2.38. The van der Waals surface area contributed by atoms with Crippen LogP contribution in [0.4, 0.5) is 25.8 Å². The second kappa shape index (κ2) is 4.93. The van der Waals surface area contributed by atoms with Crippen molar-refractivity contribution in [1.82, 2.24) is 0 Å². The Bertz CT molecular complexity index is 644. The van der Waals surface area contributed by atoms with Gasteiger partial charge in [0.15, 0.2) is 0 Å². The summed E-state index contributed by atoms with van der Waals surface area (Å²) in [6, 6.07) is 7.23. The molecule has 5 N–H and O–H groups in total. The minimum atomic E-state index is -0.859. The normalized spacial score (nSPS) is 10.2. The van der Waals surface area contributed by atoms with Crippen LogP contribution in [0.1, 0.15) is 10.4 Å². The Balaban J connectivity index is 2.25. The van der Waals surface area contributed by atoms with Crippen LogP contribution in [0.2, 0.25) is 0 Å². The molecule has 0 aliphatic rings. The average Bonchev–Trinajstić information content (AvgIpc) is 2.32. The van der Waals surface area contributed by atoms with E-state index in [4.69, 9.17) is 11.5 Å². The zero-order valence-corrected chi connectivity index (χ0v) is 9.78. The molecule has 0 heterocycles. The van der Waals surface area contributed by atoms with Gasteiger partial charge in [0, 0.05) is 17.4 Å². The van der Waals surface area contributed by atoms with E-state index >= 15 is 0 Å². The lowest BCUT2D eigenvalue weighted by Gasteiger charge is -2.09. The summed E-state index contributed by atoms with van der Waals surface area (Å²) in [6.07, 6.45) is 0. The number of rotatable bonds is 2. The maximum absolute atomic E-state index is 13.4. The SMILES string of the molecule is Nc1ccc(C(=O)Nc2ccc(F)cc2F)c(N)c1. The summed E-state index contributed by atoms with van der Waals surface area (Å²) in [5, 5.41) is 2.31. The van der Waals surface area contributed by atoms with Crippen LogP contribution in [0.25, 0.3) is 0 Å². The van der Waals surface area contributed by atoms with Gasteiger partial charge in [0.25, 0.3) is 5.91 Å². The molecule has 0 bridgehead atoms. The minimum Gasteiger partial charge on any atom is -0.399 e. The summed E-state index contributed by atoms with van der Waals surface area (Å²) in [7, 11) is 0. The molecule has 2 aromatic rings. The van der Waals surface area contributed by atoms with Gasteiger partial charge in [0.1, 0.15) is 11.6 Å². The third-order valence-corrected chi connectivity index (χ3v) is 2.50. The Labute approximate surface area is 108 Å². The van der Waals surface area contributed by atoms with Gasteiger partial charge in [-0.3, -0.25) is 4.79 Å². The number of nitrogen functional groups attached to an aromatic ring is 2. The van der Waals surface area contributed by atoms with Crippen molar-refractivity contribution in [3.05, 3.63) is 53.6 Å². The van der Waals surface area contributed by atoms with Crippen molar-refractivity contribution >= 4 is 23.0 Å². The molecule has 4 nitrogen and oxygen atoms in total. The van der Waals surface area contributed by atoms with Crippen molar-refractivity contribution in [2.24, 2.45) is 0 Å². The van der Waals surface area contributed by atoms with Gasteiger partial charge in [-0.15, -0.1) is 0 Å². The second-order valence-corrected chi connectivity index (χ2v) is 3.92. The Morgan fingerprint density at radius 3 is 2.42 bits per heavy atom. The summed E-state index contributed by atoms with van der Waals surface area (Å²) < 4.78 is 26.1. The van der Waals surface area contributed by atoms with Crippen LogP contribution < -0.4 is 16.8 Å². The summed E-state index contributed by atoms with van der Waals surface area (Å²) in [6.45, 7) is 0. The maximum atomic E-state index is 13.4. The number of nitrogens with two attached hydrogens (primary N) is 2. The number of nitrogens with one attached hydrogen (secondary N) is 1. The molecule has 0 aliphatic carbocycles. The molecule has 0 spiro atoms. The van der Waals surface area contributed by atoms with E-state index in [2.05, 4.69) is 5.32 Å². The molecule has 2 rings (SSSR count). The van der Waals surface area contributed by atoms with Crippen molar-refractivity contribution in [3.8, 4) is 0 Å². The van der Waals surface area contributed by atoms with E-state index in [1.807, 2.05) is 0 Å². The van der Waals surface area contributed by atoms with E-state index in [0.29, 0.717) is 11.8 Å². The quantitative estimate of drug-likeness (QED) is 0.727. The van der Waals surface area contributed by atoms with Crippen LogP contribution in [0.3, 0.4) is 0 Å². The van der Waals surface area contributed by atoms with Gasteiger partial charge in [0.05, 0.1) is 11.3 Å². The van der Waals surface area contributed by atoms with Gasteiger partial charge in [-0.25, -0.2) is 8.78 Å². The zero-order valence-electron chi connectivity index (χ0n) is 9.78. The first-order chi connectivity index (χ1) is 8.97. The first-order valence-electron chi connectivity index (χ1n) is 5.39. The molecule has 0 aromatic heterocycles. The lowest BCUT2D eigenvalue weighted by atomic mass is 10.1. The standard InChI is InChI=1S/C13H11F2N3O/c14-7-1-4-12(10(15)5-7)18-13(19)9-3-2-8(16)6-11(9)17/h1-6H,16-17H2,(H,18,19). The molecule has 19 heavy (non-hydrogen) atoms. The fourth-order valence-corrected chi connectivity index (χ4v) is 1.57. The zero-order chi connectivity index (χ0) is 14.0. The minimum absolute atomic E-state index is 0.123. The Hall–Kier alpha value is -2.63. The third kappa shape index (κ3) is 2.79. The topological polar surface area (TPSA) is 81.1 Å². The van der Waals surface area contributed by atoms with Gasteiger partial charge in [-0.1, -0.05) is 0 Å². The Kier molecular flexibility index (Phi) is 3.33. The van der Waals surface area contributed by atoms with Crippen LogP contribution in [-0.4, -0.2) is 5.91 Å². The van der Waals surface area contributed by atoms with Crippen LogP contribution in [0.5, 0.6) is 0 Å². The van der Waals surface area contributed by atoms with Gasteiger partial charge in [-0.2, -0.15) is 0 Å². The number of anilines is 3. The molecule has 2 aromatic carbocycles. The maximum Gasteiger partial charge on any atom is 0.257 e. The van der Waals surface area contributed by atoms with Crippen molar-refractivity contribution in [2.75, 3.05) is 16.8 Å². The molecule has 0 atom stereocenters. The monoisotopic (exact) mass is 263 g/mol. The van der Waals surface area contributed by atoms with Gasteiger partial charge >= 0.3 is 0 Å². The van der Waals surface area contributed by atoms with Crippen molar-refractivity contribution < 1.29 is 13.6 Å². The van der Waals surface area contributed by atoms with Crippen LogP contribution in [-0.2, 0) is 0 Å². The number of carbonyl (C=O) groups excluding carboxylic acids is 1. The highest BCUT2D eigenvalue weighted by Gasteiger charge is 2.12. The van der Waals surface area contributed by atoms with Gasteiger partial charge < -0.3 is 16.8 Å². The Morgan fingerprint density at radius 1 is 1.05 bits per heavy atom. The number of benzene rings is 2. The van der Waals surface area contributed by atoms with Gasteiger partial charge in [-0.05, 0) is 30.3 Å². The highest BCUT2D eigenvalue weighted by Crippen LogP contribution is 2.19. The van der Waals surface area contributed by atoms with E-state index in [1.165, 1.54) is 18.2 Å².